The van der Waals surface area contributed by atoms with Gasteiger partial charge in [-0.15, -0.1) is 0 Å². The summed E-state index contributed by atoms with van der Waals surface area (Å²) in [5.41, 5.74) is 1.56. The largest absolute Gasteiger partial charge is 0.352 e. The van der Waals surface area contributed by atoms with Crippen molar-refractivity contribution in [3.05, 3.63) is 92.9 Å². The van der Waals surface area contributed by atoms with Crippen LogP contribution < -0.4 is 9.62 Å². The molecule has 0 saturated carbocycles. The Balaban J connectivity index is 2.06. The number of nitrogens with zero attached hydrogens (tertiary/aromatic N) is 2. The third-order valence-corrected chi connectivity index (χ3v) is 8.64. The average molecular weight is 611 g/mol. The molecule has 0 saturated heterocycles. The van der Waals surface area contributed by atoms with Gasteiger partial charge < -0.3 is 10.2 Å². The Morgan fingerprint density at radius 1 is 0.897 bits per heavy atom. The summed E-state index contributed by atoms with van der Waals surface area (Å²) in [6, 6.07) is 16.4. The van der Waals surface area contributed by atoms with Gasteiger partial charge in [0.1, 0.15) is 12.6 Å². The van der Waals surface area contributed by atoms with Crippen LogP contribution in [0.2, 0.25) is 15.1 Å². The molecule has 11 heteroatoms. The summed E-state index contributed by atoms with van der Waals surface area (Å²) >= 11 is 18.8. The number of sulfonamides is 1. The van der Waals surface area contributed by atoms with Crippen molar-refractivity contribution in [3.63, 3.8) is 0 Å². The topological polar surface area (TPSA) is 86.8 Å². The van der Waals surface area contributed by atoms with Crippen LogP contribution in [-0.4, -0.2) is 43.8 Å². The number of anilines is 1. The smallest absolute Gasteiger partial charge is 0.264 e. The molecule has 7 nitrogen and oxygen atoms in total. The highest BCUT2D eigenvalue weighted by Crippen LogP contribution is 2.31. The number of benzene rings is 3. The van der Waals surface area contributed by atoms with Crippen molar-refractivity contribution in [2.24, 2.45) is 0 Å². The minimum absolute atomic E-state index is 0.00119. The highest BCUT2D eigenvalue weighted by molar-refractivity contribution is 7.92. The van der Waals surface area contributed by atoms with Gasteiger partial charge in [-0.2, -0.15) is 0 Å². The lowest BCUT2D eigenvalue weighted by Gasteiger charge is -2.32. The zero-order chi connectivity index (χ0) is 28.9. The van der Waals surface area contributed by atoms with E-state index in [4.69, 9.17) is 34.8 Å². The first kappa shape index (κ1) is 30.8. The van der Waals surface area contributed by atoms with E-state index in [0.717, 1.165) is 9.87 Å². The molecule has 3 aromatic rings. The standard InChI is InChI=1S/C28H30Cl3N3O4S/c1-18(2)32-28(36)20(4)33(16-21-11-12-22(29)15-25(21)31)27(35)17-34(26-8-6-5-7-24(26)30)39(37,38)23-13-9-19(3)10-14-23/h5-15,18,20H,16-17H2,1-4H3,(H,32,36)/t20-/m0/s1. The molecule has 0 radical (unpaired) electrons. The third kappa shape index (κ3) is 7.66. The lowest BCUT2D eigenvalue weighted by atomic mass is 10.1. The van der Waals surface area contributed by atoms with Crippen LogP contribution >= 0.6 is 34.8 Å². The van der Waals surface area contributed by atoms with Gasteiger partial charge in [-0.3, -0.25) is 13.9 Å². The highest BCUT2D eigenvalue weighted by atomic mass is 35.5. The van der Waals surface area contributed by atoms with Crippen LogP contribution in [-0.2, 0) is 26.2 Å². The maximum atomic E-state index is 13.9. The van der Waals surface area contributed by atoms with Gasteiger partial charge in [-0.25, -0.2) is 8.42 Å². The molecule has 3 aromatic carbocycles. The fraction of sp³-hybridized carbons (Fsp3) is 0.286. The van der Waals surface area contributed by atoms with Crippen molar-refractivity contribution < 1.29 is 18.0 Å². The molecule has 0 fully saturated rings. The summed E-state index contributed by atoms with van der Waals surface area (Å²) in [4.78, 5) is 28.2. The van der Waals surface area contributed by atoms with E-state index in [9.17, 15) is 18.0 Å². The maximum Gasteiger partial charge on any atom is 0.264 e. The van der Waals surface area contributed by atoms with Crippen molar-refractivity contribution >= 4 is 62.3 Å². The second-order valence-electron chi connectivity index (χ2n) is 9.37. The van der Waals surface area contributed by atoms with Crippen molar-refractivity contribution in [2.45, 2.75) is 51.2 Å². The number of hydrogen-bond donors (Lipinski definition) is 1. The number of carbonyl (C=O) groups excluding carboxylic acids is 2. The van der Waals surface area contributed by atoms with Crippen molar-refractivity contribution in [1.29, 1.82) is 0 Å². The summed E-state index contributed by atoms with van der Waals surface area (Å²) in [5, 5.41) is 3.68. The van der Waals surface area contributed by atoms with Gasteiger partial charge in [0.2, 0.25) is 11.8 Å². The molecule has 208 valence electrons. The molecule has 1 atom stereocenters. The number of hydrogen-bond acceptors (Lipinski definition) is 4. The van der Waals surface area contributed by atoms with Gasteiger partial charge in [0, 0.05) is 22.6 Å². The van der Waals surface area contributed by atoms with Crippen molar-refractivity contribution in [3.8, 4) is 0 Å². The molecule has 39 heavy (non-hydrogen) atoms. The lowest BCUT2D eigenvalue weighted by Crippen LogP contribution is -2.52. The first-order valence-corrected chi connectivity index (χ1v) is 14.8. The molecule has 1 N–H and O–H groups in total. The predicted octanol–water partition coefficient (Wildman–Crippen LogP) is 6.09. The highest BCUT2D eigenvalue weighted by Gasteiger charge is 2.33. The zero-order valence-electron chi connectivity index (χ0n) is 22.0. The zero-order valence-corrected chi connectivity index (χ0v) is 25.1. The minimum atomic E-state index is -4.22. The van der Waals surface area contributed by atoms with Crippen LogP contribution in [0, 0.1) is 6.92 Å². The summed E-state index contributed by atoms with van der Waals surface area (Å²) in [6.45, 7) is 6.37. The normalized spacial score (nSPS) is 12.2. The van der Waals surface area contributed by atoms with Gasteiger partial charge in [0.25, 0.3) is 10.0 Å². The Labute approximate surface area is 244 Å². The predicted molar refractivity (Wildman–Crippen MR) is 157 cm³/mol. The number of amides is 2. The van der Waals surface area contributed by atoms with Gasteiger partial charge in [-0.1, -0.05) is 70.7 Å². The second kappa shape index (κ2) is 13.0. The molecule has 0 aliphatic rings. The minimum Gasteiger partial charge on any atom is -0.352 e. The van der Waals surface area contributed by atoms with Gasteiger partial charge in [0.15, 0.2) is 0 Å². The van der Waals surface area contributed by atoms with Crippen molar-refractivity contribution in [1.82, 2.24) is 10.2 Å². The second-order valence-corrected chi connectivity index (χ2v) is 12.5. The molecular formula is C28H30Cl3N3O4S. The monoisotopic (exact) mass is 609 g/mol. The first-order valence-electron chi connectivity index (χ1n) is 12.2. The molecule has 2 amide bonds. The van der Waals surface area contributed by atoms with Crippen LogP contribution in [0.25, 0.3) is 0 Å². The maximum absolute atomic E-state index is 13.9. The molecular weight excluding hydrogens is 581 g/mol. The fourth-order valence-corrected chi connectivity index (χ4v) is 6.02. The van der Waals surface area contributed by atoms with Gasteiger partial charge >= 0.3 is 0 Å². The molecule has 0 aromatic heterocycles. The van der Waals surface area contributed by atoms with Crippen molar-refractivity contribution in [2.75, 3.05) is 10.8 Å². The van der Waals surface area contributed by atoms with Crippen LogP contribution in [0.15, 0.2) is 71.6 Å². The number of rotatable bonds is 10. The van der Waals surface area contributed by atoms with Crippen LogP contribution in [0.4, 0.5) is 5.69 Å². The van der Waals surface area contributed by atoms with E-state index in [2.05, 4.69) is 5.32 Å². The summed E-state index contributed by atoms with van der Waals surface area (Å²) in [7, 11) is -4.22. The molecule has 0 spiro atoms. The summed E-state index contributed by atoms with van der Waals surface area (Å²) in [5.74, 6) is -1.02. The number of carbonyl (C=O) groups is 2. The van der Waals surface area contributed by atoms with E-state index in [-0.39, 0.29) is 28.2 Å². The van der Waals surface area contributed by atoms with Gasteiger partial charge in [-0.05, 0) is 69.7 Å². The first-order chi connectivity index (χ1) is 18.3. The summed E-state index contributed by atoms with van der Waals surface area (Å²) in [6.07, 6.45) is 0. The van der Waals surface area contributed by atoms with E-state index < -0.39 is 34.4 Å². The fourth-order valence-electron chi connectivity index (χ4n) is 3.83. The number of halogens is 3. The number of para-hydroxylation sites is 1. The van der Waals surface area contributed by atoms with E-state index in [0.29, 0.717) is 15.6 Å². The Hall–Kier alpha value is -2.78. The van der Waals surface area contributed by atoms with Crippen LogP contribution in [0.1, 0.15) is 31.9 Å². The average Bonchev–Trinajstić information content (AvgIpc) is 2.86. The quantitative estimate of drug-likeness (QED) is 0.301. The SMILES string of the molecule is Cc1ccc(S(=O)(=O)N(CC(=O)N(Cc2ccc(Cl)cc2Cl)[C@@H](C)C(=O)NC(C)C)c2ccccc2Cl)cc1. The Bertz CT molecular complexity index is 1450. The molecule has 3 rings (SSSR count). The molecule has 0 bridgehead atoms. The molecule has 0 heterocycles. The molecule has 0 aliphatic heterocycles. The lowest BCUT2D eigenvalue weighted by molar-refractivity contribution is -0.139. The van der Waals surface area contributed by atoms with E-state index in [1.54, 1.807) is 63.2 Å². The molecule has 0 aliphatic carbocycles. The number of nitrogens with one attached hydrogen (secondary N) is 1. The Morgan fingerprint density at radius 2 is 1.54 bits per heavy atom. The summed E-state index contributed by atoms with van der Waals surface area (Å²) < 4.78 is 28.6. The van der Waals surface area contributed by atoms with E-state index >= 15 is 0 Å². The molecule has 0 unspecified atom stereocenters. The number of aryl methyl sites for hydroxylation is 1. The van der Waals surface area contributed by atoms with Crippen LogP contribution in [0.5, 0.6) is 0 Å². The third-order valence-electron chi connectivity index (χ3n) is 5.96. The van der Waals surface area contributed by atoms with Gasteiger partial charge in [0.05, 0.1) is 15.6 Å². The van der Waals surface area contributed by atoms with E-state index in [1.165, 1.54) is 29.2 Å². The van der Waals surface area contributed by atoms with Crippen LogP contribution in [0.3, 0.4) is 0 Å². The Morgan fingerprint density at radius 3 is 2.13 bits per heavy atom. The Kier molecular flexibility index (Phi) is 10.3. The van der Waals surface area contributed by atoms with E-state index in [1.807, 2.05) is 6.92 Å².